The predicted octanol–water partition coefficient (Wildman–Crippen LogP) is 2.13. The summed E-state index contributed by atoms with van der Waals surface area (Å²) in [6, 6.07) is 6.32. The lowest BCUT2D eigenvalue weighted by atomic mass is 10.3. The Morgan fingerprint density at radius 2 is 2.29 bits per heavy atom. The number of aromatic hydroxyl groups is 1. The molecular formula is C11H9NO4S. The van der Waals surface area contributed by atoms with Gasteiger partial charge in [-0.2, -0.15) is 4.37 Å². The number of carboxylic acids is 1. The second kappa shape index (κ2) is 4.84. The molecule has 0 aliphatic heterocycles. The maximum atomic E-state index is 10.8. The van der Waals surface area contributed by atoms with Crippen LogP contribution in [-0.4, -0.2) is 20.6 Å². The molecule has 0 amide bonds. The van der Waals surface area contributed by atoms with Crippen LogP contribution in [0.25, 0.3) is 0 Å². The molecule has 0 aliphatic rings. The zero-order valence-electron chi connectivity index (χ0n) is 8.66. The van der Waals surface area contributed by atoms with Gasteiger partial charge < -0.3 is 14.9 Å². The Morgan fingerprint density at radius 3 is 3.00 bits per heavy atom. The van der Waals surface area contributed by atoms with Crippen LogP contribution >= 0.6 is 11.5 Å². The molecule has 2 aromatic rings. The summed E-state index contributed by atoms with van der Waals surface area (Å²) >= 11 is 1.08. The summed E-state index contributed by atoms with van der Waals surface area (Å²) in [6.45, 7) is 0.121. The zero-order chi connectivity index (χ0) is 12.3. The third-order valence-electron chi connectivity index (χ3n) is 2.06. The van der Waals surface area contributed by atoms with Gasteiger partial charge in [-0.15, -0.1) is 0 Å². The topological polar surface area (TPSA) is 79.7 Å². The zero-order valence-corrected chi connectivity index (χ0v) is 9.48. The van der Waals surface area contributed by atoms with Crippen molar-refractivity contribution >= 4 is 17.5 Å². The molecule has 2 rings (SSSR count). The van der Waals surface area contributed by atoms with Gasteiger partial charge in [-0.05, 0) is 23.7 Å². The van der Waals surface area contributed by atoms with Crippen molar-refractivity contribution in [2.45, 2.75) is 6.61 Å². The Labute approximate surface area is 101 Å². The fourth-order valence-corrected chi connectivity index (χ4v) is 1.90. The van der Waals surface area contributed by atoms with Gasteiger partial charge in [-0.25, -0.2) is 4.79 Å². The van der Waals surface area contributed by atoms with Crippen molar-refractivity contribution in [1.29, 1.82) is 0 Å². The number of aromatic nitrogens is 1. The van der Waals surface area contributed by atoms with E-state index in [1.165, 1.54) is 18.3 Å². The molecular weight excluding hydrogens is 242 g/mol. The predicted molar refractivity (Wildman–Crippen MR) is 61.5 cm³/mol. The SMILES string of the molecule is O=C(O)c1cnsc1COc1cccc(O)c1. The van der Waals surface area contributed by atoms with Crippen LogP contribution in [-0.2, 0) is 6.61 Å². The minimum atomic E-state index is -1.02. The highest BCUT2D eigenvalue weighted by Crippen LogP contribution is 2.21. The highest BCUT2D eigenvalue weighted by atomic mass is 32.1. The van der Waals surface area contributed by atoms with Crippen molar-refractivity contribution in [3.8, 4) is 11.5 Å². The number of hydrogen-bond donors (Lipinski definition) is 2. The van der Waals surface area contributed by atoms with Crippen molar-refractivity contribution < 1.29 is 19.7 Å². The van der Waals surface area contributed by atoms with E-state index in [0.717, 1.165) is 11.5 Å². The fourth-order valence-electron chi connectivity index (χ4n) is 1.26. The Balaban J connectivity index is 2.07. The Hall–Kier alpha value is -2.08. The molecule has 5 nitrogen and oxygen atoms in total. The quantitative estimate of drug-likeness (QED) is 0.870. The summed E-state index contributed by atoms with van der Waals surface area (Å²) in [6.07, 6.45) is 1.30. The molecule has 17 heavy (non-hydrogen) atoms. The monoisotopic (exact) mass is 251 g/mol. The van der Waals surface area contributed by atoms with Crippen LogP contribution < -0.4 is 4.74 Å². The average Bonchev–Trinajstić information content (AvgIpc) is 2.74. The first-order valence-electron chi connectivity index (χ1n) is 4.75. The number of carboxylic acid groups (broad SMARTS) is 1. The van der Waals surface area contributed by atoms with Gasteiger partial charge in [0.15, 0.2) is 0 Å². The van der Waals surface area contributed by atoms with Gasteiger partial charge >= 0.3 is 5.97 Å². The molecule has 0 saturated carbocycles. The molecule has 0 unspecified atom stereocenters. The normalized spacial score (nSPS) is 10.1. The molecule has 2 N–H and O–H groups in total. The second-order valence-corrected chi connectivity index (χ2v) is 4.14. The van der Waals surface area contributed by atoms with E-state index in [0.29, 0.717) is 10.6 Å². The number of benzene rings is 1. The summed E-state index contributed by atoms with van der Waals surface area (Å²) in [5.41, 5.74) is 0.148. The lowest BCUT2D eigenvalue weighted by molar-refractivity contribution is 0.0694. The number of carbonyl (C=O) groups is 1. The number of phenolic OH excluding ortho intramolecular Hbond substituents is 1. The maximum absolute atomic E-state index is 10.8. The number of rotatable bonds is 4. The molecule has 0 atom stereocenters. The third-order valence-corrected chi connectivity index (χ3v) is 2.83. The van der Waals surface area contributed by atoms with Gasteiger partial charge in [0.1, 0.15) is 18.1 Å². The van der Waals surface area contributed by atoms with E-state index in [1.807, 2.05) is 0 Å². The standard InChI is InChI=1S/C11H9NO4S/c13-7-2-1-3-8(4-7)16-6-10-9(11(14)15)5-12-17-10/h1-5,13H,6H2,(H,14,15). The number of aromatic carboxylic acids is 1. The summed E-state index contributed by atoms with van der Waals surface area (Å²) in [4.78, 5) is 11.4. The summed E-state index contributed by atoms with van der Waals surface area (Å²) in [5.74, 6) is -0.437. The number of hydrogen-bond acceptors (Lipinski definition) is 5. The number of nitrogens with zero attached hydrogens (tertiary/aromatic N) is 1. The van der Waals surface area contributed by atoms with E-state index in [-0.39, 0.29) is 17.9 Å². The van der Waals surface area contributed by atoms with Crippen LogP contribution in [0.1, 0.15) is 15.2 Å². The summed E-state index contributed by atoms with van der Waals surface area (Å²) in [7, 11) is 0. The second-order valence-electron chi connectivity index (χ2n) is 3.25. The molecule has 1 aromatic heterocycles. The van der Waals surface area contributed by atoms with Gasteiger partial charge in [0.2, 0.25) is 0 Å². The van der Waals surface area contributed by atoms with E-state index >= 15 is 0 Å². The van der Waals surface area contributed by atoms with Crippen molar-refractivity contribution in [2.24, 2.45) is 0 Å². The van der Waals surface area contributed by atoms with Crippen molar-refractivity contribution in [3.63, 3.8) is 0 Å². The first-order chi connectivity index (χ1) is 8.16. The molecule has 0 bridgehead atoms. The molecule has 0 aliphatic carbocycles. The minimum absolute atomic E-state index is 0.102. The lowest BCUT2D eigenvalue weighted by Gasteiger charge is -2.05. The van der Waals surface area contributed by atoms with Crippen LogP contribution in [0, 0.1) is 0 Å². The fraction of sp³-hybridized carbons (Fsp3) is 0.0909. The van der Waals surface area contributed by atoms with Crippen LogP contribution in [0.2, 0.25) is 0 Å². The average molecular weight is 251 g/mol. The van der Waals surface area contributed by atoms with Gasteiger partial charge in [0.25, 0.3) is 0 Å². The van der Waals surface area contributed by atoms with Gasteiger partial charge in [-0.3, -0.25) is 0 Å². The first-order valence-corrected chi connectivity index (χ1v) is 5.53. The molecule has 1 heterocycles. The highest BCUT2D eigenvalue weighted by Gasteiger charge is 2.13. The maximum Gasteiger partial charge on any atom is 0.338 e. The van der Waals surface area contributed by atoms with Crippen molar-refractivity contribution in [2.75, 3.05) is 0 Å². The van der Waals surface area contributed by atoms with Crippen LogP contribution in [0.4, 0.5) is 0 Å². The number of ether oxygens (including phenoxy) is 1. The van der Waals surface area contributed by atoms with E-state index in [9.17, 15) is 9.90 Å². The first kappa shape index (κ1) is 11.4. The smallest absolute Gasteiger partial charge is 0.338 e. The Kier molecular flexibility index (Phi) is 3.24. The van der Waals surface area contributed by atoms with Crippen molar-refractivity contribution in [3.05, 3.63) is 40.9 Å². The molecule has 88 valence electrons. The minimum Gasteiger partial charge on any atom is -0.508 e. The molecule has 6 heteroatoms. The van der Waals surface area contributed by atoms with E-state index in [4.69, 9.17) is 9.84 Å². The van der Waals surface area contributed by atoms with Crippen molar-refractivity contribution in [1.82, 2.24) is 4.37 Å². The molecule has 0 spiro atoms. The molecule has 0 fully saturated rings. The van der Waals surface area contributed by atoms with E-state index < -0.39 is 5.97 Å². The molecule has 0 saturated heterocycles. The summed E-state index contributed by atoms with van der Waals surface area (Å²) in [5, 5.41) is 18.1. The van der Waals surface area contributed by atoms with E-state index in [1.54, 1.807) is 12.1 Å². The van der Waals surface area contributed by atoms with Gasteiger partial charge in [0.05, 0.1) is 16.6 Å². The van der Waals surface area contributed by atoms with Gasteiger partial charge in [-0.1, -0.05) is 6.07 Å². The van der Waals surface area contributed by atoms with Crippen LogP contribution in [0.3, 0.4) is 0 Å². The largest absolute Gasteiger partial charge is 0.508 e. The third kappa shape index (κ3) is 2.73. The molecule has 0 radical (unpaired) electrons. The Morgan fingerprint density at radius 1 is 1.47 bits per heavy atom. The van der Waals surface area contributed by atoms with Gasteiger partial charge in [0, 0.05) is 6.07 Å². The number of phenols is 1. The summed E-state index contributed by atoms with van der Waals surface area (Å²) < 4.78 is 9.17. The van der Waals surface area contributed by atoms with Crippen LogP contribution in [0.15, 0.2) is 30.5 Å². The Bertz CT molecular complexity index is 538. The highest BCUT2D eigenvalue weighted by molar-refractivity contribution is 7.06. The lowest BCUT2D eigenvalue weighted by Crippen LogP contribution is -2.01. The molecule has 1 aromatic carbocycles. The van der Waals surface area contributed by atoms with Crippen LogP contribution in [0.5, 0.6) is 11.5 Å². The van der Waals surface area contributed by atoms with E-state index in [2.05, 4.69) is 4.37 Å².